The fourth-order valence-electron chi connectivity index (χ4n) is 2.36. The Labute approximate surface area is 104 Å². The van der Waals surface area contributed by atoms with Crippen molar-refractivity contribution in [2.75, 3.05) is 13.1 Å². The smallest absolute Gasteiger partial charge is 0.408 e. The van der Waals surface area contributed by atoms with Crippen LogP contribution in [0.25, 0.3) is 0 Å². The molecule has 0 bridgehead atoms. The molecule has 1 aliphatic heterocycles. The van der Waals surface area contributed by atoms with Crippen LogP contribution in [-0.4, -0.2) is 46.9 Å². The van der Waals surface area contributed by atoms with Gasteiger partial charge in [-0.2, -0.15) is 13.2 Å². The summed E-state index contributed by atoms with van der Waals surface area (Å²) in [4.78, 5) is 12.3. The lowest BCUT2D eigenvalue weighted by atomic mass is 9.91. The second-order valence-electron chi connectivity index (χ2n) is 5.61. The van der Waals surface area contributed by atoms with Crippen molar-refractivity contribution in [1.82, 2.24) is 10.2 Å². The quantitative estimate of drug-likeness (QED) is 0.767. The highest BCUT2D eigenvalue weighted by molar-refractivity contribution is 5.66. The molecule has 1 fully saturated rings. The largest absolute Gasteiger partial charge is 0.465 e. The van der Waals surface area contributed by atoms with Gasteiger partial charge in [0.1, 0.15) is 0 Å². The number of piperidine rings is 1. The Kier molecular flexibility index (Phi) is 4.15. The van der Waals surface area contributed by atoms with Gasteiger partial charge in [-0.15, -0.1) is 0 Å². The van der Waals surface area contributed by atoms with Crippen molar-refractivity contribution in [3.63, 3.8) is 0 Å². The van der Waals surface area contributed by atoms with Crippen LogP contribution in [0.2, 0.25) is 0 Å². The Balaban J connectivity index is 2.85. The van der Waals surface area contributed by atoms with Crippen LogP contribution < -0.4 is 5.32 Å². The molecule has 1 saturated heterocycles. The Morgan fingerprint density at radius 3 is 2.22 bits per heavy atom. The van der Waals surface area contributed by atoms with Crippen LogP contribution in [0.15, 0.2) is 0 Å². The van der Waals surface area contributed by atoms with E-state index in [1.807, 2.05) is 0 Å². The summed E-state index contributed by atoms with van der Waals surface area (Å²) in [5.41, 5.74) is -0.717. The standard InChI is InChI=1S/C11H19F3N2O2/c1-10(2,3)16(9(17)18)8-4-7(5-15-6-8)11(12,13)14/h7-8,15H,4-6H2,1-3H3,(H,17,18)/t7-,8+/m1/s1. The summed E-state index contributed by atoms with van der Waals surface area (Å²) >= 11 is 0. The van der Waals surface area contributed by atoms with E-state index in [9.17, 15) is 18.0 Å². The SMILES string of the molecule is CC(C)(C)N(C(=O)O)[C@@H]1CNC[C@H](C(F)(F)F)C1. The molecule has 1 heterocycles. The molecule has 1 amide bonds. The van der Waals surface area contributed by atoms with Crippen molar-refractivity contribution < 1.29 is 23.1 Å². The van der Waals surface area contributed by atoms with Crippen LogP contribution in [0.3, 0.4) is 0 Å². The number of nitrogens with one attached hydrogen (secondary N) is 1. The van der Waals surface area contributed by atoms with Gasteiger partial charge >= 0.3 is 12.3 Å². The number of rotatable bonds is 1. The normalized spacial score (nSPS) is 25.9. The van der Waals surface area contributed by atoms with Crippen LogP contribution in [0.5, 0.6) is 0 Å². The fourth-order valence-corrected chi connectivity index (χ4v) is 2.36. The number of nitrogens with zero attached hydrogens (tertiary/aromatic N) is 1. The third kappa shape index (κ3) is 3.51. The lowest BCUT2D eigenvalue weighted by Crippen LogP contribution is -2.58. The monoisotopic (exact) mass is 268 g/mol. The van der Waals surface area contributed by atoms with E-state index in [1.54, 1.807) is 20.8 Å². The Morgan fingerprint density at radius 1 is 1.28 bits per heavy atom. The number of carboxylic acid groups (broad SMARTS) is 1. The zero-order valence-electron chi connectivity index (χ0n) is 10.7. The van der Waals surface area contributed by atoms with E-state index in [1.165, 1.54) is 0 Å². The molecule has 4 nitrogen and oxygen atoms in total. The molecule has 18 heavy (non-hydrogen) atoms. The summed E-state index contributed by atoms with van der Waals surface area (Å²) in [5.74, 6) is -1.49. The molecule has 0 aromatic rings. The predicted octanol–water partition coefficient (Wildman–Crippen LogP) is 2.31. The summed E-state index contributed by atoms with van der Waals surface area (Å²) < 4.78 is 38.0. The number of hydrogen-bond donors (Lipinski definition) is 2. The first kappa shape index (κ1) is 15.1. The molecule has 1 rings (SSSR count). The van der Waals surface area contributed by atoms with Gasteiger partial charge in [0.2, 0.25) is 0 Å². The molecule has 0 spiro atoms. The van der Waals surface area contributed by atoms with Gasteiger partial charge in [-0.25, -0.2) is 4.79 Å². The van der Waals surface area contributed by atoms with Crippen LogP contribution >= 0.6 is 0 Å². The van der Waals surface area contributed by atoms with E-state index in [0.717, 1.165) is 4.90 Å². The summed E-state index contributed by atoms with van der Waals surface area (Å²) in [6.45, 7) is 5.16. The third-order valence-electron chi connectivity index (χ3n) is 3.08. The average molecular weight is 268 g/mol. The maximum absolute atomic E-state index is 12.7. The maximum atomic E-state index is 12.7. The minimum Gasteiger partial charge on any atom is -0.465 e. The molecule has 1 aliphatic rings. The summed E-state index contributed by atoms with van der Waals surface area (Å²) in [5, 5.41) is 11.8. The highest BCUT2D eigenvalue weighted by Gasteiger charge is 2.45. The number of amides is 1. The first-order valence-corrected chi connectivity index (χ1v) is 5.83. The van der Waals surface area contributed by atoms with E-state index < -0.39 is 29.8 Å². The first-order valence-electron chi connectivity index (χ1n) is 5.83. The van der Waals surface area contributed by atoms with Crippen molar-refractivity contribution in [3.05, 3.63) is 0 Å². The van der Waals surface area contributed by atoms with Gasteiger partial charge < -0.3 is 10.4 Å². The molecular weight excluding hydrogens is 249 g/mol. The Morgan fingerprint density at radius 2 is 1.83 bits per heavy atom. The van der Waals surface area contributed by atoms with E-state index in [2.05, 4.69) is 5.32 Å². The van der Waals surface area contributed by atoms with Crippen molar-refractivity contribution >= 4 is 6.09 Å². The molecular formula is C11H19F3N2O2. The molecule has 0 aromatic heterocycles. The summed E-state index contributed by atoms with van der Waals surface area (Å²) in [6, 6.07) is -0.650. The molecule has 0 unspecified atom stereocenters. The highest BCUT2D eigenvalue weighted by atomic mass is 19.4. The molecule has 0 saturated carbocycles. The number of alkyl halides is 3. The van der Waals surface area contributed by atoms with E-state index >= 15 is 0 Å². The summed E-state index contributed by atoms with van der Waals surface area (Å²) in [6.07, 6.45) is -5.65. The van der Waals surface area contributed by atoms with Gasteiger partial charge in [0.05, 0.1) is 5.92 Å². The van der Waals surface area contributed by atoms with Gasteiger partial charge in [0.25, 0.3) is 0 Å². The van der Waals surface area contributed by atoms with Crippen molar-refractivity contribution in [1.29, 1.82) is 0 Å². The second kappa shape index (κ2) is 4.95. The first-order chi connectivity index (χ1) is 8.03. The molecule has 0 aliphatic carbocycles. The van der Waals surface area contributed by atoms with Gasteiger partial charge in [-0.3, -0.25) is 4.90 Å². The molecule has 0 radical (unpaired) electrons. The topological polar surface area (TPSA) is 52.6 Å². The zero-order chi connectivity index (χ0) is 14.1. The fraction of sp³-hybridized carbons (Fsp3) is 0.909. The van der Waals surface area contributed by atoms with Crippen LogP contribution in [-0.2, 0) is 0 Å². The lowest BCUT2D eigenvalue weighted by molar-refractivity contribution is -0.183. The van der Waals surface area contributed by atoms with E-state index in [4.69, 9.17) is 5.11 Å². The molecule has 106 valence electrons. The van der Waals surface area contributed by atoms with Crippen LogP contribution in [0.4, 0.5) is 18.0 Å². The van der Waals surface area contributed by atoms with Crippen molar-refractivity contribution in [3.8, 4) is 0 Å². The predicted molar refractivity (Wildman–Crippen MR) is 60.4 cm³/mol. The Hall–Kier alpha value is -0.980. The minimum atomic E-state index is -4.28. The second-order valence-corrected chi connectivity index (χ2v) is 5.61. The molecule has 0 aromatic carbocycles. The third-order valence-corrected chi connectivity index (χ3v) is 3.08. The van der Waals surface area contributed by atoms with Crippen molar-refractivity contribution in [2.24, 2.45) is 5.92 Å². The number of hydrogen-bond acceptors (Lipinski definition) is 2. The van der Waals surface area contributed by atoms with Gasteiger partial charge in [-0.05, 0) is 27.2 Å². The number of halogens is 3. The molecule has 2 atom stereocenters. The zero-order valence-corrected chi connectivity index (χ0v) is 10.7. The lowest BCUT2D eigenvalue weighted by Gasteiger charge is -2.43. The van der Waals surface area contributed by atoms with E-state index in [-0.39, 0.29) is 19.5 Å². The average Bonchev–Trinajstić information content (AvgIpc) is 2.13. The molecule has 2 N–H and O–H groups in total. The Bertz CT molecular complexity index is 312. The number of carbonyl (C=O) groups is 1. The maximum Gasteiger partial charge on any atom is 0.408 e. The van der Waals surface area contributed by atoms with Gasteiger partial charge in [0.15, 0.2) is 0 Å². The highest BCUT2D eigenvalue weighted by Crippen LogP contribution is 2.33. The minimum absolute atomic E-state index is 0.141. The van der Waals surface area contributed by atoms with Crippen LogP contribution in [0.1, 0.15) is 27.2 Å². The van der Waals surface area contributed by atoms with Gasteiger partial charge in [0, 0.05) is 24.7 Å². The molecule has 7 heteroatoms. The van der Waals surface area contributed by atoms with Crippen LogP contribution in [0, 0.1) is 5.92 Å². The van der Waals surface area contributed by atoms with Crippen molar-refractivity contribution in [2.45, 2.75) is 44.9 Å². The summed E-state index contributed by atoms with van der Waals surface area (Å²) in [7, 11) is 0. The van der Waals surface area contributed by atoms with E-state index in [0.29, 0.717) is 0 Å². The van der Waals surface area contributed by atoms with Gasteiger partial charge in [-0.1, -0.05) is 0 Å².